The van der Waals surface area contributed by atoms with Crippen LogP contribution in [-0.2, 0) is 14.3 Å². The standard InChI is InChI=1S/C27H36O6/c1-16(2)13-23(29)33-22-15-18(5)14-21(32-25(30)19-7-9-20(28)10-8-19)24-26(22,6)11-12-27(24,31)17(3)4/h7-10,13,15,17,21-22,24,28,31H,11-12,14H2,1-6H3/t21-,22+,24-,26-,27+/m1/s1. The molecule has 6 nitrogen and oxygen atoms in total. The van der Waals surface area contributed by atoms with Gasteiger partial charge in [0.15, 0.2) is 0 Å². The topological polar surface area (TPSA) is 93.1 Å². The number of esters is 2. The van der Waals surface area contributed by atoms with E-state index in [1.54, 1.807) is 0 Å². The maximum Gasteiger partial charge on any atom is 0.338 e. The van der Waals surface area contributed by atoms with Crippen molar-refractivity contribution in [3.05, 3.63) is 53.1 Å². The SMILES string of the molecule is CC(C)=CC(=O)O[C@H]1C=C(C)C[C@@H](OC(=O)c2ccc(O)cc2)[C@@H]2[C@]1(C)CC[C@]2(O)C(C)C. The molecule has 33 heavy (non-hydrogen) atoms. The summed E-state index contributed by atoms with van der Waals surface area (Å²) in [6, 6.07) is 5.92. The molecular weight excluding hydrogens is 420 g/mol. The van der Waals surface area contributed by atoms with Crippen LogP contribution in [0.5, 0.6) is 5.75 Å². The van der Waals surface area contributed by atoms with E-state index >= 15 is 0 Å². The highest BCUT2D eigenvalue weighted by Gasteiger charge is 2.63. The number of fused-ring (bicyclic) bond motifs is 1. The van der Waals surface area contributed by atoms with Crippen molar-refractivity contribution in [3.8, 4) is 5.75 Å². The van der Waals surface area contributed by atoms with E-state index in [-0.39, 0.29) is 11.7 Å². The van der Waals surface area contributed by atoms with Crippen LogP contribution in [0, 0.1) is 17.3 Å². The van der Waals surface area contributed by atoms with Gasteiger partial charge >= 0.3 is 11.9 Å². The first kappa shape index (κ1) is 25.0. The van der Waals surface area contributed by atoms with Crippen molar-refractivity contribution in [3.63, 3.8) is 0 Å². The molecule has 180 valence electrons. The van der Waals surface area contributed by atoms with Gasteiger partial charge in [-0.1, -0.05) is 31.9 Å². The average Bonchev–Trinajstić information content (AvgIpc) is 2.94. The van der Waals surface area contributed by atoms with Crippen LogP contribution in [-0.4, -0.2) is 40.0 Å². The van der Waals surface area contributed by atoms with Crippen LogP contribution >= 0.6 is 0 Å². The van der Waals surface area contributed by atoms with Gasteiger partial charge in [-0.3, -0.25) is 0 Å². The van der Waals surface area contributed by atoms with Crippen LogP contribution in [0.1, 0.15) is 71.2 Å². The van der Waals surface area contributed by atoms with Crippen LogP contribution in [0.2, 0.25) is 0 Å². The van der Waals surface area contributed by atoms with Crippen molar-refractivity contribution < 1.29 is 29.3 Å². The Balaban J connectivity index is 2.00. The van der Waals surface area contributed by atoms with E-state index in [2.05, 4.69) is 0 Å². The monoisotopic (exact) mass is 456 g/mol. The highest BCUT2D eigenvalue weighted by molar-refractivity contribution is 5.89. The summed E-state index contributed by atoms with van der Waals surface area (Å²) in [4.78, 5) is 25.5. The molecule has 0 heterocycles. The summed E-state index contributed by atoms with van der Waals surface area (Å²) >= 11 is 0. The van der Waals surface area contributed by atoms with Crippen LogP contribution in [0.4, 0.5) is 0 Å². The lowest BCUT2D eigenvalue weighted by Crippen LogP contribution is -2.53. The Morgan fingerprint density at radius 1 is 1.12 bits per heavy atom. The molecule has 0 amide bonds. The van der Waals surface area contributed by atoms with Crippen LogP contribution in [0.25, 0.3) is 0 Å². The average molecular weight is 457 g/mol. The predicted molar refractivity (Wildman–Crippen MR) is 126 cm³/mol. The molecule has 2 aliphatic carbocycles. The van der Waals surface area contributed by atoms with Crippen molar-refractivity contribution in [1.29, 1.82) is 0 Å². The number of ether oxygens (including phenoxy) is 2. The third-order valence-electron chi connectivity index (χ3n) is 7.30. The number of phenols is 1. The van der Waals surface area contributed by atoms with E-state index in [0.29, 0.717) is 24.8 Å². The minimum absolute atomic E-state index is 0.0679. The first-order valence-corrected chi connectivity index (χ1v) is 11.6. The zero-order chi connectivity index (χ0) is 24.6. The van der Waals surface area contributed by atoms with E-state index in [0.717, 1.165) is 11.1 Å². The molecule has 0 aromatic heterocycles. The van der Waals surface area contributed by atoms with E-state index in [9.17, 15) is 19.8 Å². The molecule has 2 N–H and O–H groups in total. The number of aliphatic hydroxyl groups is 1. The lowest BCUT2D eigenvalue weighted by molar-refractivity contribution is -0.158. The van der Waals surface area contributed by atoms with E-state index in [1.807, 2.05) is 47.6 Å². The molecule has 5 atom stereocenters. The van der Waals surface area contributed by atoms with Gasteiger partial charge in [-0.25, -0.2) is 9.59 Å². The number of rotatable bonds is 5. The summed E-state index contributed by atoms with van der Waals surface area (Å²) in [5.74, 6) is -1.36. The zero-order valence-corrected chi connectivity index (χ0v) is 20.4. The van der Waals surface area contributed by atoms with Gasteiger partial charge in [-0.2, -0.15) is 0 Å². The van der Waals surface area contributed by atoms with Crippen molar-refractivity contribution >= 4 is 11.9 Å². The minimum Gasteiger partial charge on any atom is -0.508 e. The number of carbonyl (C=O) groups is 2. The molecule has 0 radical (unpaired) electrons. The second-order valence-corrected chi connectivity index (χ2v) is 10.4. The fourth-order valence-electron chi connectivity index (χ4n) is 5.49. The first-order chi connectivity index (χ1) is 15.4. The van der Waals surface area contributed by atoms with Gasteiger partial charge in [0.25, 0.3) is 0 Å². The highest BCUT2D eigenvalue weighted by Crippen LogP contribution is 2.58. The number of hydrogen-bond acceptors (Lipinski definition) is 6. The molecule has 0 aliphatic heterocycles. The van der Waals surface area contributed by atoms with E-state index in [4.69, 9.17) is 9.47 Å². The molecule has 0 unspecified atom stereocenters. The summed E-state index contributed by atoms with van der Waals surface area (Å²) in [7, 11) is 0. The van der Waals surface area contributed by atoms with Crippen molar-refractivity contribution in [2.45, 2.75) is 78.6 Å². The van der Waals surface area contributed by atoms with Crippen molar-refractivity contribution in [2.75, 3.05) is 0 Å². The highest BCUT2D eigenvalue weighted by atomic mass is 16.6. The molecular formula is C27H36O6. The van der Waals surface area contributed by atoms with Crippen LogP contribution in [0.15, 0.2) is 47.6 Å². The molecule has 6 heteroatoms. The first-order valence-electron chi connectivity index (χ1n) is 11.6. The van der Waals surface area contributed by atoms with Crippen molar-refractivity contribution in [1.82, 2.24) is 0 Å². The second kappa shape index (κ2) is 9.34. The Morgan fingerprint density at radius 3 is 2.33 bits per heavy atom. The van der Waals surface area contributed by atoms with Gasteiger partial charge < -0.3 is 19.7 Å². The molecule has 2 aliphatic rings. The summed E-state index contributed by atoms with van der Waals surface area (Å²) < 4.78 is 12.0. The van der Waals surface area contributed by atoms with E-state index < -0.39 is 41.1 Å². The van der Waals surface area contributed by atoms with Gasteiger partial charge in [-0.15, -0.1) is 0 Å². The maximum atomic E-state index is 13.0. The maximum absolute atomic E-state index is 13.0. The molecule has 1 aromatic rings. The zero-order valence-electron chi connectivity index (χ0n) is 20.4. The number of phenolic OH excluding ortho intramolecular Hbond substituents is 1. The van der Waals surface area contributed by atoms with Gasteiger partial charge in [0.2, 0.25) is 0 Å². The largest absolute Gasteiger partial charge is 0.508 e. The molecule has 0 saturated heterocycles. The minimum atomic E-state index is -1.08. The molecule has 0 spiro atoms. The number of carbonyl (C=O) groups excluding carboxylic acids is 2. The quantitative estimate of drug-likeness (QED) is 0.370. The molecule has 1 aromatic carbocycles. The Bertz CT molecular complexity index is 955. The molecule has 0 bridgehead atoms. The van der Waals surface area contributed by atoms with Gasteiger partial charge in [0, 0.05) is 23.8 Å². The van der Waals surface area contributed by atoms with Gasteiger partial charge in [0.05, 0.1) is 11.2 Å². The Kier molecular flexibility index (Phi) is 7.08. The second-order valence-electron chi connectivity index (χ2n) is 10.4. The van der Waals surface area contributed by atoms with Crippen LogP contribution < -0.4 is 0 Å². The predicted octanol–water partition coefficient (Wildman–Crippen LogP) is 4.95. The summed E-state index contributed by atoms with van der Waals surface area (Å²) in [6.45, 7) is 11.6. The van der Waals surface area contributed by atoms with E-state index in [1.165, 1.54) is 30.3 Å². The lowest BCUT2D eigenvalue weighted by atomic mass is 9.66. The summed E-state index contributed by atoms with van der Waals surface area (Å²) in [6.07, 6.45) is 3.89. The molecule has 3 rings (SSSR count). The Morgan fingerprint density at radius 2 is 1.76 bits per heavy atom. The molecule has 1 fully saturated rings. The summed E-state index contributed by atoms with van der Waals surface area (Å²) in [5, 5.41) is 21.4. The molecule has 1 saturated carbocycles. The third-order valence-corrected chi connectivity index (χ3v) is 7.30. The number of allylic oxidation sites excluding steroid dienone is 1. The van der Waals surface area contributed by atoms with Gasteiger partial charge in [-0.05, 0) is 69.9 Å². The number of benzene rings is 1. The lowest BCUT2D eigenvalue weighted by Gasteiger charge is -2.45. The summed E-state index contributed by atoms with van der Waals surface area (Å²) in [5.41, 5.74) is 0.436. The van der Waals surface area contributed by atoms with Crippen molar-refractivity contribution in [2.24, 2.45) is 17.3 Å². The number of hydrogen-bond donors (Lipinski definition) is 2. The Labute approximate surface area is 196 Å². The third kappa shape index (κ3) is 5.01. The number of aromatic hydroxyl groups is 1. The fraction of sp³-hybridized carbons (Fsp3) is 0.556. The van der Waals surface area contributed by atoms with Gasteiger partial charge in [0.1, 0.15) is 18.0 Å². The Hall–Kier alpha value is -2.60. The van der Waals surface area contributed by atoms with Crippen LogP contribution in [0.3, 0.4) is 0 Å². The normalized spacial score (nSPS) is 31.3. The fourth-order valence-corrected chi connectivity index (χ4v) is 5.49. The smallest absolute Gasteiger partial charge is 0.338 e.